The van der Waals surface area contributed by atoms with Crippen LogP contribution in [0.4, 0.5) is 5.69 Å². The van der Waals surface area contributed by atoms with Crippen molar-refractivity contribution >= 4 is 16.7 Å². The molecule has 0 atom stereocenters. The third-order valence-electron chi connectivity index (χ3n) is 6.27. The molecule has 31 heavy (non-hydrogen) atoms. The lowest BCUT2D eigenvalue weighted by Gasteiger charge is -2.21. The zero-order valence-electron chi connectivity index (χ0n) is 19.4. The van der Waals surface area contributed by atoms with Crippen LogP contribution in [-0.4, -0.2) is 26.2 Å². The zero-order chi connectivity index (χ0) is 22.0. The molecule has 0 unspecified atom stereocenters. The highest BCUT2D eigenvalue weighted by Crippen LogP contribution is 2.40. The van der Waals surface area contributed by atoms with Crippen molar-refractivity contribution in [3.63, 3.8) is 0 Å². The van der Waals surface area contributed by atoms with Crippen molar-refractivity contribution in [3.05, 3.63) is 71.6 Å². The number of aryl methyl sites for hydroxylation is 1. The smallest absolute Gasteiger partial charge is 0.203 e. The van der Waals surface area contributed by atoms with E-state index in [9.17, 15) is 0 Å². The summed E-state index contributed by atoms with van der Waals surface area (Å²) in [5.74, 6) is 0.935. The minimum Gasteiger partial charge on any atom is -0.456 e. The molecule has 1 aliphatic carbocycles. The average Bonchev–Trinajstić information content (AvgIpc) is 2.79. The van der Waals surface area contributed by atoms with Crippen molar-refractivity contribution in [1.29, 1.82) is 0 Å². The van der Waals surface area contributed by atoms with Gasteiger partial charge in [-0.25, -0.2) is 4.58 Å². The predicted molar refractivity (Wildman–Crippen MR) is 133 cm³/mol. The summed E-state index contributed by atoms with van der Waals surface area (Å²) < 4.78 is 8.79. The van der Waals surface area contributed by atoms with Crippen molar-refractivity contribution in [2.24, 2.45) is 0 Å². The maximum Gasteiger partial charge on any atom is 0.203 e. The van der Waals surface area contributed by atoms with Crippen molar-refractivity contribution in [2.75, 3.05) is 31.1 Å². The second-order valence-electron chi connectivity index (χ2n) is 8.05. The van der Waals surface area contributed by atoms with Crippen LogP contribution in [0.2, 0.25) is 0 Å². The number of hydrogen-bond donors (Lipinski definition) is 0. The summed E-state index contributed by atoms with van der Waals surface area (Å²) >= 11 is 0. The van der Waals surface area contributed by atoms with Gasteiger partial charge in [0, 0.05) is 41.4 Å². The molecule has 0 bridgehead atoms. The number of fused-ring (bicyclic) bond motifs is 2. The molecule has 0 amide bonds. The Morgan fingerprint density at radius 2 is 1.52 bits per heavy atom. The Morgan fingerprint density at radius 1 is 0.806 bits per heavy atom. The molecule has 0 saturated heterocycles. The molecule has 1 heterocycles. The van der Waals surface area contributed by atoms with Crippen LogP contribution in [0.1, 0.15) is 33.3 Å². The van der Waals surface area contributed by atoms with Crippen molar-refractivity contribution < 1.29 is 4.42 Å². The first-order chi connectivity index (χ1) is 15.1. The average molecular weight is 414 g/mol. The van der Waals surface area contributed by atoms with E-state index in [2.05, 4.69) is 105 Å². The van der Waals surface area contributed by atoms with Gasteiger partial charge in [0.2, 0.25) is 5.36 Å². The molecule has 2 aromatic carbocycles. The minimum absolute atomic E-state index is 0.935. The van der Waals surface area contributed by atoms with Gasteiger partial charge < -0.3 is 9.32 Å². The van der Waals surface area contributed by atoms with Crippen LogP contribution < -0.4 is 14.8 Å². The fourth-order valence-corrected chi connectivity index (χ4v) is 4.51. The first-order valence-corrected chi connectivity index (χ1v) is 11.5. The maximum absolute atomic E-state index is 6.43. The Hall–Kier alpha value is -3.07. The minimum atomic E-state index is 0.935. The van der Waals surface area contributed by atoms with Gasteiger partial charge in [0.25, 0.3) is 0 Å². The predicted octanol–water partition coefficient (Wildman–Crippen LogP) is 6.17. The van der Waals surface area contributed by atoms with E-state index in [0.29, 0.717) is 0 Å². The second kappa shape index (κ2) is 8.97. The summed E-state index contributed by atoms with van der Waals surface area (Å²) in [5.41, 5.74) is 7.03. The summed E-state index contributed by atoms with van der Waals surface area (Å²) in [7, 11) is 0. The van der Waals surface area contributed by atoms with Gasteiger partial charge in [-0.05, 0) is 70.0 Å². The van der Waals surface area contributed by atoms with E-state index in [1.54, 1.807) is 0 Å². The topological polar surface area (TPSA) is 19.4 Å². The Kier molecular flexibility index (Phi) is 6.13. The third kappa shape index (κ3) is 3.97. The SMILES string of the molecule is CCN(CC)c1ccc(-c2c3ccc(=[N+](CC)CC)cc-3oc3cc(C)ccc23)cc1. The highest BCUT2D eigenvalue weighted by molar-refractivity contribution is 6.02. The van der Waals surface area contributed by atoms with Crippen molar-refractivity contribution in [2.45, 2.75) is 34.6 Å². The second-order valence-corrected chi connectivity index (χ2v) is 8.05. The van der Waals surface area contributed by atoms with E-state index in [0.717, 1.165) is 48.5 Å². The molecule has 4 rings (SSSR count). The number of nitrogens with zero attached hydrogens (tertiary/aromatic N) is 2. The van der Waals surface area contributed by atoms with Crippen LogP contribution in [0.25, 0.3) is 33.4 Å². The quantitative estimate of drug-likeness (QED) is 0.278. The van der Waals surface area contributed by atoms with Gasteiger partial charge in [-0.2, -0.15) is 0 Å². The molecular formula is C28H33N2O+. The molecule has 0 fully saturated rings. The molecule has 160 valence electrons. The number of anilines is 1. The lowest BCUT2D eigenvalue weighted by molar-refractivity contribution is 0.604. The molecule has 1 aliphatic heterocycles. The number of rotatable bonds is 6. The normalized spacial score (nSPS) is 11.3. The van der Waals surface area contributed by atoms with Crippen molar-refractivity contribution in [1.82, 2.24) is 4.58 Å². The molecule has 0 spiro atoms. The highest BCUT2D eigenvalue weighted by Gasteiger charge is 2.18. The first-order valence-electron chi connectivity index (χ1n) is 11.5. The molecule has 3 nitrogen and oxygen atoms in total. The third-order valence-corrected chi connectivity index (χ3v) is 6.27. The van der Waals surface area contributed by atoms with Gasteiger partial charge in [0.1, 0.15) is 24.4 Å². The van der Waals surface area contributed by atoms with Gasteiger partial charge in [-0.3, -0.25) is 0 Å². The van der Waals surface area contributed by atoms with Crippen LogP contribution in [0.5, 0.6) is 0 Å². The Bertz CT molecular complexity index is 1220. The van der Waals surface area contributed by atoms with Crippen LogP contribution >= 0.6 is 0 Å². The van der Waals surface area contributed by atoms with E-state index in [1.807, 2.05) is 0 Å². The van der Waals surface area contributed by atoms with Gasteiger partial charge in [-0.15, -0.1) is 0 Å². The van der Waals surface area contributed by atoms with Crippen LogP contribution in [0, 0.1) is 6.92 Å². The summed E-state index contributed by atoms with van der Waals surface area (Å²) in [6.07, 6.45) is 0. The Labute approximate surface area is 185 Å². The largest absolute Gasteiger partial charge is 0.456 e. The zero-order valence-corrected chi connectivity index (χ0v) is 19.4. The summed E-state index contributed by atoms with van der Waals surface area (Å²) in [6, 6.07) is 22.1. The molecule has 3 heteroatoms. The number of hydrogen-bond acceptors (Lipinski definition) is 2. The van der Waals surface area contributed by atoms with E-state index >= 15 is 0 Å². The van der Waals surface area contributed by atoms with E-state index in [-0.39, 0.29) is 0 Å². The summed E-state index contributed by atoms with van der Waals surface area (Å²) in [5, 5.41) is 2.36. The maximum atomic E-state index is 6.43. The fraction of sp³-hybridized carbons (Fsp3) is 0.321. The lowest BCUT2D eigenvalue weighted by atomic mass is 9.93. The van der Waals surface area contributed by atoms with Crippen LogP contribution in [0.15, 0.2) is 65.1 Å². The van der Waals surface area contributed by atoms with Crippen molar-refractivity contribution in [3.8, 4) is 22.5 Å². The Balaban J connectivity index is 1.99. The molecule has 0 aromatic heterocycles. The standard InChI is InChI=1S/C28H33N2O/c1-6-29(7-2)22-13-11-21(12-14-22)28-24-16-10-20(5)18-26(24)31-27-19-23(15-17-25(27)28)30(8-3)9-4/h10-19H,6-9H2,1-5H3/q+1. The number of benzene rings is 3. The van der Waals surface area contributed by atoms with Crippen LogP contribution in [-0.2, 0) is 0 Å². The fourth-order valence-electron chi connectivity index (χ4n) is 4.51. The monoisotopic (exact) mass is 413 g/mol. The molecule has 0 radical (unpaired) electrons. The molecule has 0 N–H and O–H groups in total. The summed E-state index contributed by atoms with van der Waals surface area (Å²) in [6.45, 7) is 14.9. The Morgan fingerprint density at radius 3 is 2.16 bits per heavy atom. The van der Waals surface area contributed by atoms with E-state index in [4.69, 9.17) is 4.42 Å². The van der Waals surface area contributed by atoms with Gasteiger partial charge in [0.15, 0.2) is 0 Å². The molecular weight excluding hydrogens is 380 g/mol. The lowest BCUT2D eigenvalue weighted by Crippen LogP contribution is -2.29. The molecule has 0 saturated carbocycles. The van der Waals surface area contributed by atoms with E-state index < -0.39 is 0 Å². The molecule has 2 aliphatic rings. The van der Waals surface area contributed by atoms with E-state index in [1.165, 1.54) is 27.7 Å². The highest BCUT2D eigenvalue weighted by atomic mass is 16.3. The summed E-state index contributed by atoms with van der Waals surface area (Å²) in [4.78, 5) is 2.38. The van der Waals surface area contributed by atoms with Crippen LogP contribution in [0.3, 0.4) is 0 Å². The van der Waals surface area contributed by atoms with Gasteiger partial charge in [-0.1, -0.05) is 24.3 Å². The van der Waals surface area contributed by atoms with Gasteiger partial charge >= 0.3 is 0 Å². The first kappa shape index (κ1) is 21.2. The van der Waals surface area contributed by atoms with Gasteiger partial charge in [0.05, 0.1) is 6.07 Å². The molecule has 2 aromatic rings.